The maximum Gasteiger partial charge on any atom is 0.414 e. The summed E-state index contributed by atoms with van der Waals surface area (Å²) in [6, 6.07) is 0. The molecule has 0 saturated carbocycles. The summed E-state index contributed by atoms with van der Waals surface area (Å²) < 4.78 is 0. The Morgan fingerprint density at radius 3 is 2.08 bits per heavy atom. The van der Waals surface area contributed by atoms with Crippen LogP contribution in [0.4, 0.5) is 0 Å². The summed E-state index contributed by atoms with van der Waals surface area (Å²) >= 11 is 0. The third-order valence-electron chi connectivity index (χ3n) is 0.896. The van der Waals surface area contributed by atoms with Gasteiger partial charge in [0, 0.05) is 5.70 Å². The summed E-state index contributed by atoms with van der Waals surface area (Å²) in [5.74, 6) is -3.65. The second kappa shape index (κ2) is 5.64. The second-order valence-electron chi connectivity index (χ2n) is 2.01. The first-order valence-electron chi connectivity index (χ1n) is 3.25. The fourth-order valence-electron chi connectivity index (χ4n) is 0.384. The third-order valence-corrected chi connectivity index (χ3v) is 0.896. The lowest BCUT2D eigenvalue weighted by Gasteiger charge is -2.05. The van der Waals surface area contributed by atoms with Gasteiger partial charge >= 0.3 is 11.9 Å². The third kappa shape index (κ3) is 6.42. The van der Waals surface area contributed by atoms with E-state index in [1.165, 1.54) is 0 Å². The van der Waals surface area contributed by atoms with Crippen LogP contribution in [0.3, 0.4) is 0 Å². The van der Waals surface area contributed by atoms with Gasteiger partial charge in [-0.3, -0.25) is 0 Å². The smallest absolute Gasteiger partial charge is 0.414 e. The Hall–Kier alpha value is -1.98. The number of hydrogen-bond acceptors (Lipinski definition) is 4. The highest BCUT2D eigenvalue weighted by Crippen LogP contribution is 1.92. The molecule has 0 saturated heterocycles. The molecule has 0 bridgehead atoms. The molecule has 1 rings (SSSR count). The lowest BCUT2D eigenvalue weighted by atomic mass is 10.4. The molecule has 0 fully saturated rings. The Morgan fingerprint density at radius 2 is 1.92 bits per heavy atom. The molecule has 1 aliphatic heterocycles. The molecule has 6 heteroatoms. The van der Waals surface area contributed by atoms with Gasteiger partial charge in [-0.25, -0.2) is 15.1 Å². The summed E-state index contributed by atoms with van der Waals surface area (Å²) in [5, 5.41) is 14.8. The van der Waals surface area contributed by atoms with Gasteiger partial charge in [0.15, 0.2) is 0 Å². The van der Waals surface area contributed by atoms with Gasteiger partial charge in [-0.1, -0.05) is 0 Å². The van der Waals surface area contributed by atoms with Crippen LogP contribution in [0.5, 0.6) is 0 Å². The number of nitrogens with one attached hydrogen (secondary N) is 1. The Kier molecular flexibility index (Phi) is 4.78. The van der Waals surface area contributed by atoms with Gasteiger partial charge in [0.25, 0.3) is 0 Å². The normalized spacial score (nSPS) is 12.5. The molecule has 1 aliphatic rings. The maximum absolute atomic E-state index is 9.10. The van der Waals surface area contributed by atoms with Crippen LogP contribution < -0.4 is 5.48 Å². The van der Waals surface area contributed by atoms with Crippen molar-refractivity contribution in [3.63, 3.8) is 0 Å². The maximum atomic E-state index is 9.10. The monoisotopic (exact) mass is 187 g/mol. The minimum atomic E-state index is -1.82. The summed E-state index contributed by atoms with van der Waals surface area (Å²) in [5.41, 5.74) is 3.69. The first-order chi connectivity index (χ1) is 6.04. The molecule has 0 unspecified atom stereocenters. The molecular formula is C7H9NO5. The van der Waals surface area contributed by atoms with E-state index in [9.17, 15) is 0 Å². The van der Waals surface area contributed by atoms with Gasteiger partial charge in [-0.05, 0) is 19.1 Å². The predicted octanol–water partition coefficient (Wildman–Crippen LogP) is 0.0943. The van der Waals surface area contributed by atoms with E-state index in [1.807, 2.05) is 19.1 Å². The van der Waals surface area contributed by atoms with E-state index in [0.717, 1.165) is 5.70 Å². The minimum Gasteiger partial charge on any atom is -0.473 e. The fourth-order valence-corrected chi connectivity index (χ4v) is 0.384. The highest BCUT2D eigenvalue weighted by atomic mass is 16.6. The zero-order valence-electron chi connectivity index (χ0n) is 6.85. The minimum absolute atomic E-state index is 1.03. The highest BCUT2D eigenvalue weighted by Gasteiger charge is 2.04. The van der Waals surface area contributed by atoms with E-state index in [4.69, 9.17) is 19.8 Å². The number of hydroxylamine groups is 1. The number of rotatable bonds is 0. The summed E-state index contributed by atoms with van der Waals surface area (Å²) in [7, 11) is 0. The highest BCUT2D eigenvalue weighted by molar-refractivity contribution is 6.27. The van der Waals surface area contributed by atoms with Gasteiger partial charge in [0.05, 0.1) is 0 Å². The van der Waals surface area contributed by atoms with Crippen LogP contribution in [0.1, 0.15) is 6.92 Å². The van der Waals surface area contributed by atoms with Crippen LogP contribution >= 0.6 is 0 Å². The Balaban J connectivity index is 0.000000226. The second-order valence-corrected chi connectivity index (χ2v) is 2.01. The number of hydrogen-bond donors (Lipinski definition) is 3. The van der Waals surface area contributed by atoms with Crippen LogP contribution in [0.2, 0.25) is 0 Å². The van der Waals surface area contributed by atoms with Gasteiger partial charge in [-0.2, -0.15) is 0 Å². The molecule has 0 aliphatic carbocycles. The van der Waals surface area contributed by atoms with E-state index in [0.29, 0.717) is 0 Å². The van der Waals surface area contributed by atoms with Crippen LogP contribution in [-0.2, 0) is 14.4 Å². The predicted molar refractivity (Wildman–Crippen MR) is 42.4 cm³/mol. The molecule has 0 aromatic carbocycles. The first kappa shape index (κ1) is 11.0. The van der Waals surface area contributed by atoms with Crippen molar-refractivity contribution in [1.82, 2.24) is 5.48 Å². The standard InChI is InChI=1S/C5H7NO.C2H2O4/c1-5-3-2-4-7-6-5;3-1(4)2(5)6/h2-4,6H,1H3;(H,3,4)(H,5,6). The quantitative estimate of drug-likeness (QED) is 0.465. The average molecular weight is 187 g/mol. The van der Waals surface area contributed by atoms with Crippen LogP contribution in [0.15, 0.2) is 24.1 Å². The summed E-state index contributed by atoms with van der Waals surface area (Å²) in [6.45, 7) is 1.93. The first-order valence-corrected chi connectivity index (χ1v) is 3.25. The summed E-state index contributed by atoms with van der Waals surface area (Å²) in [4.78, 5) is 22.9. The average Bonchev–Trinajstić information content (AvgIpc) is 2.06. The number of carbonyl (C=O) groups is 2. The van der Waals surface area contributed by atoms with E-state index >= 15 is 0 Å². The van der Waals surface area contributed by atoms with Crippen molar-refractivity contribution >= 4 is 11.9 Å². The van der Waals surface area contributed by atoms with Crippen molar-refractivity contribution in [2.75, 3.05) is 0 Å². The lowest BCUT2D eigenvalue weighted by molar-refractivity contribution is -0.159. The topological polar surface area (TPSA) is 95.9 Å². The van der Waals surface area contributed by atoms with Crippen molar-refractivity contribution in [2.24, 2.45) is 0 Å². The number of carboxylic acid groups (broad SMARTS) is 2. The van der Waals surface area contributed by atoms with Gasteiger partial charge < -0.3 is 15.1 Å². The Labute approximate surface area is 74.1 Å². The summed E-state index contributed by atoms with van der Waals surface area (Å²) in [6.07, 6.45) is 5.36. The van der Waals surface area contributed by atoms with E-state index in [2.05, 4.69) is 10.3 Å². The van der Waals surface area contributed by atoms with Crippen LogP contribution in [0.25, 0.3) is 0 Å². The molecule has 0 aromatic heterocycles. The van der Waals surface area contributed by atoms with Crippen molar-refractivity contribution in [3.05, 3.63) is 24.1 Å². The van der Waals surface area contributed by atoms with Gasteiger partial charge in [0.2, 0.25) is 0 Å². The van der Waals surface area contributed by atoms with E-state index in [1.54, 1.807) is 6.26 Å². The van der Waals surface area contributed by atoms with Crippen molar-refractivity contribution in [3.8, 4) is 0 Å². The Bertz CT molecular complexity index is 244. The van der Waals surface area contributed by atoms with E-state index in [-0.39, 0.29) is 0 Å². The molecule has 0 amide bonds. The zero-order valence-corrected chi connectivity index (χ0v) is 6.85. The van der Waals surface area contributed by atoms with Crippen molar-refractivity contribution < 1.29 is 24.6 Å². The van der Waals surface area contributed by atoms with Crippen molar-refractivity contribution in [2.45, 2.75) is 6.92 Å². The molecular weight excluding hydrogens is 178 g/mol. The molecule has 0 spiro atoms. The van der Waals surface area contributed by atoms with Gasteiger partial charge in [0.1, 0.15) is 6.26 Å². The molecule has 0 aromatic rings. The Morgan fingerprint density at radius 1 is 1.38 bits per heavy atom. The molecule has 1 heterocycles. The van der Waals surface area contributed by atoms with Crippen molar-refractivity contribution in [1.29, 1.82) is 0 Å². The van der Waals surface area contributed by atoms with E-state index < -0.39 is 11.9 Å². The number of allylic oxidation sites excluding steroid dienone is 3. The fraction of sp³-hybridized carbons (Fsp3) is 0.143. The van der Waals surface area contributed by atoms with Gasteiger partial charge in [-0.15, -0.1) is 0 Å². The molecule has 0 radical (unpaired) electrons. The van der Waals surface area contributed by atoms with Crippen LogP contribution in [0, 0.1) is 0 Å². The molecule has 72 valence electrons. The number of carboxylic acids is 2. The number of aliphatic carboxylic acids is 2. The lowest BCUT2D eigenvalue weighted by Crippen LogP contribution is -2.09. The van der Waals surface area contributed by atoms with Crippen LogP contribution in [-0.4, -0.2) is 22.2 Å². The molecule has 3 N–H and O–H groups in total. The SMILES string of the molecule is CC1=CC=CON1.O=C(O)C(=O)O. The molecule has 6 nitrogen and oxygen atoms in total. The molecule has 0 atom stereocenters. The zero-order chi connectivity index (χ0) is 10.3. The largest absolute Gasteiger partial charge is 0.473 e. The molecule has 13 heavy (non-hydrogen) atoms.